The summed E-state index contributed by atoms with van der Waals surface area (Å²) in [5.41, 5.74) is 1.72. The van der Waals surface area contributed by atoms with E-state index >= 15 is 0 Å². The molecule has 4 rings (SSSR count). The number of para-hydroxylation sites is 1. The molecule has 0 N–H and O–H groups in total. The first-order valence-electron chi connectivity index (χ1n) is 10.8. The van der Waals surface area contributed by atoms with Gasteiger partial charge in [0.2, 0.25) is 10.0 Å². The standard InChI is InChI=1S/C24H29N3O4S/c1-18(2)16-26-17-22(21-6-4-5-7-23(21)26)24(28)25-12-14-27(15-13-25)32(29,30)20-10-8-19(31-3)9-11-20/h4-11,17-18H,12-16H2,1-3H3. The number of nitrogens with zero attached hydrogens (tertiary/aromatic N) is 3. The highest BCUT2D eigenvalue weighted by atomic mass is 32.2. The Kier molecular flexibility index (Phi) is 6.26. The Bertz CT molecular complexity index is 1210. The van der Waals surface area contributed by atoms with Crippen LogP contribution in [0.15, 0.2) is 59.6 Å². The number of aromatic nitrogens is 1. The number of methoxy groups -OCH3 is 1. The van der Waals surface area contributed by atoms with Crippen LogP contribution in [0.1, 0.15) is 24.2 Å². The van der Waals surface area contributed by atoms with E-state index in [4.69, 9.17) is 4.74 Å². The van der Waals surface area contributed by atoms with Gasteiger partial charge in [-0.3, -0.25) is 4.79 Å². The van der Waals surface area contributed by atoms with Crippen molar-refractivity contribution in [2.75, 3.05) is 33.3 Å². The highest BCUT2D eigenvalue weighted by molar-refractivity contribution is 7.89. The van der Waals surface area contributed by atoms with Crippen molar-refractivity contribution in [2.24, 2.45) is 5.92 Å². The molecule has 3 aromatic rings. The van der Waals surface area contributed by atoms with Crippen molar-refractivity contribution >= 4 is 26.8 Å². The maximum Gasteiger partial charge on any atom is 0.256 e. The molecule has 2 aromatic carbocycles. The van der Waals surface area contributed by atoms with E-state index in [2.05, 4.69) is 18.4 Å². The van der Waals surface area contributed by atoms with Crippen LogP contribution in [-0.2, 0) is 16.6 Å². The van der Waals surface area contributed by atoms with E-state index in [-0.39, 0.29) is 23.9 Å². The molecule has 1 aliphatic rings. The topological polar surface area (TPSA) is 71.9 Å². The molecule has 0 bridgehead atoms. The maximum absolute atomic E-state index is 13.3. The van der Waals surface area contributed by atoms with Crippen LogP contribution in [0.2, 0.25) is 0 Å². The number of ether oxygens (including phenoxy) is 1. The minimum Gasteiger partial charge on any atom is -0.497 e. The molecule has 2 heterocycles. The summed E-state index contributed by atoms with van der Waals surface area (Å²) in [5, 5.41) is 0.937. The highest BCUT2D eigenvalue weighted by Crippen LogP contribution is 2.25. The van der Waals surface area contributed by atoms with E-state index in [1.165, 1.54) is 4.31 Å². The van der Waals surface area contributed by atoms with Crippen LogP contribution in [0, 0.1) is 5.92 Å². The number of amides is 1. The molecule has 1 amide bonds. The number of sulfonamides is 1. The number of fused-ring (bicyclic) bond motifs is 1. The van der Waals surface area contributed by atoms with Gasteiger partial charge in [0.05, 0.1) is 17.6 Å². The van der Waals surface area contributed by atoms with E-state index in [1.54, 1.807) is 36.3 Å². The molecule has 8 heteroatoms. The number of rotatable bonds is 6. The third-order valence-corrected chi connectivity index (χ3v) is 7.72. The Morgan fingerprint density at radius 3 is 2.28 bits per heavy atom. The zero-order valence-electron chi connectivity index (χ0n) is 18.7. The predicted octanol–water partition coefficient (Wildman–Crippen LogP) is 3.45. The number of benzene rings is 2. The van der Waals surface area contributed by atoms with Gasteiger partial charge in [0, 0.05) is 49.8 Å². The molecule has 0 unspecified atom stereocenters. The Hall–Kier alpha value is -2.84. The largest absolute Gasteiger partial charge is 0.497 e. The maximum atomic E-state index is 13.3. The molecule has 0 atom stereocenters. The zero-order valence-corrected chi connectivity index (χ0v) is 19.5. The Balaban J connectivity index is 1.50. The number of carbonyl (C=O) groups is 1. The van der Waals surface area contributed by atoms with Gasteiger partial charge in [-0.05, 0) is 36.2 Å². The quantitative estimate of drug-likeness (QED) is 0.571. The Morgan fingerprint density at radius 2 is 1.66 bits per heavy atom. The lowest BCUT2D eigenvalue weighted by molar-refractivity contribution is 0.0699. The van der Waals surface area contributed by atoms with Gasteiger partial charge >= 0.3 is 0 Å². The number of hydrogen-bond donors (Lipinski definition) is 0. The fraction of sp³-hybridized carbons (Fsp3) is 0.375. The molecule has 1 saturated heterocycles. The van der Waals surface area contributed by atoms with Crippen molar-refractivity contribution in [1.82, 2.24) is 13.8 Å². The lowest BCUT2D eigenvalue weighted by atomic mass is 10.1. The van der Waals surface area contributed by atoms with Crippen LogP contribution < -0.4 is 4.74 Å². The minimum absolute atomic E-state index is 0.0507. The minimum atomic E-state index is -3.61. The molecule has 32 heavy (non-hydrogen) atoms. The third kappa shape index (κ3) is 4.25. The fourth-order valence-corrected chi connectivity index (χ4v) is 5.58. The number of piperazine rings is 1. The van der Waals surface area contributed by atoms with Crippen molar-refractivity contribution in [3.05, 3.63) is 60.3 Å². The average molecular weight is 456 g/mol. The molecule has 1 aromatic heterocycles. The molecule has 0 spiro atoms. The summed E-state index contributed by atoms with van der Waals surface area (Å²) in [5.74, 6) is 1.02. The lowest BCUT2D eigenvalue weighted by Gasteiger charge is -2.34. The van der Waals surface area contributed by atoms with Gasteiger partial charge in [-0.2, -0.15) is 4.31 Å². The normalized spacial score (nSPS) is 15.4. The van der Waals surface area contributed by atoms with Crippen LogP contribution in [-0.4, -0.2) is 61.4 Å². The predicted molar refractivity (Wildman–Crippen MR) is 124 cm³/mol. The van der Waals surface area contributed by atoms with Gasteiger partial charge in [0.15, 0.2) is 0 Å². The summed E-state index contributed by atoms with van der Waals surface area (Å²) >= 11 is 0. The van der Waals surface area contributed by atoms with E-state index < -0.39 is 10.0 Å². The summed E-state index contributed by atoms with van der Waals surface area (Å²) < 4.78 is 34.7. The van der Waals surface area contributed by atoms with Gasteiger partial charge < -0.3 is 14.2 Å². The van der Waals surface area contributed by atoms with Crippen LogP contribution in [0.3, 0.4) is 0 Å². The third-order valence-electron chi connectivity index (χ3n) is 5.80. The van der Waals surface area contributed by atoms with E-state index in [1.807, 2.05) is 30.5 Å². The zero-order chi connectivity index (χ0) is 22.9. The summed E-state index contributed by atoms with van der Waals surface area (Å²) in [7, 11) is -2.07. The second kappa shape index (κ2) is 8.96. The first-order chi connectivity index (χ1) is 15.3. The molecule has 0 aliphatic carbocycles. The number of carbonyl (C=O) groups excluding carboxylic acids is 1. The van der Waals surface area contributed by atoms with Crippen LogP contribution in [0.25, 0.3) is 10.9 Å². The Labute approximate surface area is 189 Å². The van der Waals surface area contributed by atoms with Gasteiger partial charge in [0.25, 0.3) is 5.91 Å². The van der Waals surface area contributed by atoms with E-state index in [0.29, 0.717) is 30.3 Å². The van der Waals surface area contributed by atoms with Gasteiger partial charge in [-0.1, -0.05) is 32.0 Å². The first-order valence-corrected chi connectivity index (χ1v) is 12.3. The van der Waals surface area contributed by atoms with E-state index in [9.17, 15) is 13.2 Å². The monoisotopic (exact) mass is 455 g/mol. The first kappa shape index (κ1) is 22.4. The van der Waals surface area contributed by atoms with Crippen LogP contribution in [0.5, 0.6) is 5.75 Å². The number of hydrogen-bond acceptors (Lipinski definition) is 4. The van der Waals surface area contributed by atoms with Crippen LogP contribution in [0.4, 0.5) is 0 Å². The molecule has 7 nitrogen and oxygen atoms in total. The molecule has 170 valence electrons. The lowest BCUT2D eigenvalue weighted by Crippen LogP contribution is -2.50. The Morgan fingerprint density at radius 1 is 1.00 bits per heavy atom. The van der Waals surface area contributed by atoms with Crippen molar-refractivity contribution in [2.45, 2.75) is 25.3 Å². The molecule has 0 saturated carbocycles. The van der Waals surface area contributed by atoms with Crippen molar-refractivity contribution in [3.8, 4) is 5.75 Å². The van der Waals surface area contributed by atoms with Crippen molar-refractivity contribution in [3.63, 3.8) is 0 Å². The molecule has 0 radical (unpaired) electrons. The summed E-state index contributed by atoms with van der Waals surface area (Å²) in [6.07, 6.45) is 1.94. The van der Waals surface area contributed by atoms with Crippen LogP contribution >= 0.6 is 0 Å². The van der Waals surface area contributed by atoms with Crippen molar-refractivity contribution in [1.29, 1.82) is 0 Å². The summed E-state index contributed by atoms with van der Waals surface area (Å²) in [6.45, 7) is 6.39. The van der Waals surface area contributed by atoms with Gasteiger partial charge in [0.1, 0.15) is 5.75 Å². The molecular formula is C24H29N3O4S. The average Bonchev–Trinajstić information content (AvgIpc) is 3.16. The molecule has 1 aliphatic heterocycles. The summed E-state index contributed by atoms with van der Waals surface area (Å²) in [4.78, 5) is 15.3. The smallest absolute Gasteiger partial charge is 0.256 e. The van der Waals surface area contributed by atoms with Gasteiger partial charge in [-0.25, -0.2) is 8.42 Å². The highest BCUT2D eigenvalue weighted by Gasteiger charge is 2.31. The fourth-order valence-electron chi connectivity index (χ4n) is 4.16. The molecular weight excluding hydrogens is 426 g/mol. The SMILES string of the molecule is COc1ccc(S(=O)(=O)N2CCN(C(=O)c3cn(CC(C)C)c4ccccc34)CC2)cc1. The second-order valence-electron chi connectivity index (χ2n) is 8.48. The molecule has 1 fully saturated rings. The summed E-state index contributed by atoms with van der Waals surface area (Å²) in [6, 6.07) is 14.3. The van der Waals surface area contributed by atoms with E-state index in [0.717, 1.165) is 17.4 Å². The van der Waals surface area contributed by atoms with Crippen molar-refractivity contribution < 1.29 is 17.9 Å². The van der Waals surface area contributed by atoms with Gasteiger partial charge in [-0.15, -0.1) is 0 Å². The second-order valence-corrected chi connectivity index (χ2v) is 10.4.